The third-order valence-electron chi connectivity index (χ3n) is 4.78. The van der Waals surface area contributed by atoms with Crippen molar-refractivity contribution in [3.05, 3.63) is 0 Å². The number of hydrogen-bond donors (Lipinski definition) is 0. The van der Waals surface area contributed by atoms with Gasteiger partial charge in [0, 0.05) is 40.8 Å². The first kappa shape index (κ1) is 26.3. The maximum atomic E-state index is 11.9. The Hall–Kier alpha value is -1.92. The van der Waals surface area contributed by atoms with E-state index in [-0.39, 0.29) is 6.61 Å². The highest BCUT2D eigenvalue weighted by Gasteiger charge is 2.52. The Labute approximate surface area is 196 Å². The fraction of sp³-hybridized carbons (Fsp3) is 0.750. The van der Waals surface area contributed by atoms with Crippen LogP contribution in [-0.2, 0) is 42.9 Å². The molecule has 0 aromatic carbocycles. The summed E-state index contributed by atoms with van der Waals surface area (Å²) in [4.78, 5) is 48.9. The summed E-state index contributed by atoms with van der Waals surface area (Å²) in [7, 11) is 0. The Bertz CT molecular complexity index is 726. The summed E-state index contributed by atoms with van der Waals surface area (Å²) in [6, 6.07) is 0. The molecule has 0 amide bonds. The molecule has 0 aliphatic carbocycles. The molecule has 0 radical (unpaired) electrons. The molecule has 0 aromatic heterocycles. The summed E-state index contributed by atoms with van der Waals surface area (Å²) >= 11 is 6.73. The number of likely N-dealkylation sites (tertiary alicyclic amines) is 1. The Morgan fingerprint density at radius 2 is 1.38 bits per heavy atom. The van der Waals surface area contributed by atoms with Crippen LogP contribution in [0.25, 0.3) is 0 Å². The van der Waals surface area contributed by atoms with Crippen molar-refractivity contribution in [2.24, 2.45) is 0 Å². The van der Waals surface area contributed by atoms with E-state index in [1.807, 2.05) is 4.90 Å². The number of thiocarbonyl (C=S) groups is 1. The van der Waals surface area contributed by atoms with Crippen molar-refractivity contribution in [1.82, 2.24) is 4.90 Å². The number of carbonyl (C=O) groups is 4. The molecule has 2 rings (SSSR count). The van der Waals surface area contributed by atoms with Gasteiger partial charge in [0.2, 0.25) is 0 Å². The molecule has 10 nitrogen and oxygen atoms in total. The van der Waals surface area contributed by atoms with Gasteiger partial charge < -0.3 is 28.6 Å². The number of rotatable bonds is 6. The van der Waals surface area contributed by atoms with Crippen LogP contribution < -0.4 is 0 Å². The molecule has 32 heavy (non-hydrogen) atoms. The van der Waals surface area contributed by atoms with Crippen molar-refractivity contribution >= 4 is 52.2 Å². The lowest BCUT2D eigenvalue weighted by molar-refractivity contribution is -0.237. The smallest absolute Gasteiger partial charge is 0.303 e. The van der Waals surface area contributed by atoms with Crippen LogP contribution in [0.5, 0.6) is 0 Å². The number of piperidine rings is 1. The van der Waals surface area contributed by atoms with Crippen LogP contribution >= 0.6 is 24.0 Å². The van der Waals surface area contributed by atoms with Crippen molar-refractivity contribution < 1.29 is 42.9 Å². The van der Waals surface area contributed by atoms with E-state index in [9.17, 15) is 19.2 Å². The van der Waals surface area contributed by atoms with Gasteiger partial charge in [-0.15, -0.1) is 0 Å². The molecule has 2 aliphatic rings. The summed E-state index contributed by atoms with van der Waals surface area (Å²) in [5, 5.41) is 0. The van der Waals surface area contributed by atoms with Gasteiger partial charge in [0.15, 0.2) is 23.7 Å². The lowest BCUT2D eigenvalue weighted by Gasteiger charge is -2.44. The van der Waals surface area contributed by atoms with Crippen LogP contribution in [0.3, 0.4) is 0 Å². The lowest BCUT2D eigenvalue weighted by atomic mass is 9.99. The molecule has 2 heterocycles. The van der Waals surface area contributed by atoms with E-state index in [0.29, 0.717) is 4.32 Å². The lowest BCUT2D eigenvalue weighted by Crippen LogP contribution is -2.61. The zero-order valence-corrected chi connectivity index (χ0v) is 20.2. The van der Waals surface area contributed by atoms with Gasteiger partial charge in [0.25, 0.3) is 0 Å². The summed E-state index contributed by atoms with van der Waals surface area (Å²) in [6.07, 6.45) is -1.28. The number of hydrogen-bond acceptors (Lipinski definition) is 11. The van der Waals surface area contributed by atoms with Gasteiger partial charge in [-0.1, -0.05) is 24.0 Å². The van der Waals surface area contributed by atoms with E-state index in [4.69, 9.17) is 35.9 Å². The molecule has 2 saturated heterocycles. The first-order valence-electron chi connectivity index (χ1n) is 10.3. The highest BCUT2D eigenvalue weighted by Crippen LogP contribution is 2.35. The number of thioether (sulfide) groups is 1. The molecule has 180 valence electrons. The second-order valence-electron chi connectivity index (χ2n) is 7.50. The zero-order chi connectivity index (χ0) is 23.8. The minimum Gasteiger partial charge on any atom is -0.463 e. The number of nitrogens with zero attached hydrogens (tertiary/aromatic N) is 1. The van der Waals surface area contributed by atoms with Gasteiger partial charge >= 0.3 is 23.9 Å². The molecule has 2 fully saturated rings. The first-order valence-corrected chi connectivity index (χ1v) is 11.6. The Balaban J connectivity index is 2.35. The average molecular weight is 492 g/mol. The second kappa shape index (κ2) is 12.4. The maximum Gasteiger partial charge on any atom is 0.303 e. The zero-order valence-electron chi connectivity index (χ0n) is 18.6. The Kier molecular flexibility index (Phi) is 10.2. The molecule has 0 aromatic rings. The quantitative estimate of drug-likeness (QED) is 0.305. The highest BCUT2D eigenvalue weighted by atomic mass is 32.2. The van der Waals surface area contributed by atoms with Crippen LogP contribution in [0.4, 0.5) is 0 Å². The van der Waals surface area contributed by atoms with Gasteiger partial charge in [0.05, 0.1) is 0 Å². The maximum absolute atomic E-state index is 11.9. The van der Waals surface area contributed by atoms with Crippen LogP contribution in [0, 0.1) is 0 Å². The van der Waals surface area contributed by atoms with Gasteiger partial charge in [-0.3, -0.25) is 19.2 Å². The summed E-state index contributed by atoms with van der Waals surface area (Å²) < 4.78 is 27.9. The number of ether oxygens (including phenoxy) is 5. The molecule has 2 aliphatic heterocycles. The molecular weight excluding hydrogens is 462 g/mol. The second-order valence-corrected chi connectivity index (χ2v) is 9.23. The van der Waals surface area contributed by atoms with Gasteiger partial charge in [0.1, 0.15) is 17.0 Å². The minimum absolute atomic E-state index is 0.259. The number of esters is 4. The van der Waals surface area contributed by atoms with Crippen molar-refractivity contribution in [2.45, 2.75) is 76.8 Å². The first-order chi connectivity index (χ1) is 15.1. The fourth-order valence-electron chi connectivity index (χ4n) is 3.53. The molecule has 0 N–H and O–H groups in total. The van der Waals surface area contributed by atoms with Crippen molar-refractivity contribution in [3.63, 3.8) is 0 Å². The molecule has 12 heteroatoms. The molecule has 3 unspecified atom stereocenters. The van der Waals surface area contributed by atoms with Crippen molar-refractivity contribution in [1.29, 1.82) is 0 Å². The van der Waals surface area contributed by atoms with E-state index in [2.05, 4.69) is 0 Å². The van der Waals surface area contributed by atoms with Crippen LogP contribution in [0.1, 0.15) is 47.0 Å². The summed E-state index contributed by atoms with van der Waals surface area (Å²) in [5.41, 5.74) is -0.884. The predicted molar refractivity (Wildman–Crippen MR) is 118 cm³/mol. The highest BCUT2D eigenvalue weighted by molar-refractivity contribution is 8.23. The van der Waals surface area contributed by atoms with Crippen LogP contribution in [0.2, 0.25) is 0 Å². The van der Waals surface area contributed by atoms with Crippen LogP contribution in [0.15, 0.2) is 0 Å². The normalized spacial score (nSPS) is 27.8. The third kappa shape index (κ3) is 7.89. The SMILES string of the molecule is CC(=O)OCC1O[C@@H](SC(=S)N2CCCCC2)C(OC(C)=O)C(OC(C)=O)[C@@H]1OC(C)=O. The largest absolute Gasteiger partial charge is 0.463 e. The van der Waals surface area contributed by atoms with Crippen LogP contribution in [-0.4, -0.2) is 82.6 Å². The van der Waals surface area contributed by atoms with Crippen molar-refractivity contribution in [2.75, 3.05) is 19.7 Å². The number of carbonyl (C=O) groups excluding carboxylic acids is 4. The standard InChI is InChI=1S/C20H29NO9S2/c1-11(22)26-10-15-16(27-12(2)23)17(28-13(3)24)18(29-14(4)25)19(30-15)32-20(31)21-8-6-5-7-9-21/h15-19H,5-10H2,1-4H3/t15?,16-,17?,18?,19+/m1/s1. The van der Waals surface area contributed by atoms with E-state index in [1.165, 1.54) is 27.7 Å². The van der Waals surface area contributed by atoms with Gasteiger partial charge in [-0.25, -0.2) is 0 Å². The van der Waals surface area contributed by atoms with Gasteiger partial charge in [-0.05, 0) is 19.3 Å². The third-order valence-corrected chi connectivity index (χ3v) is 6.40. The summed E-state index contributed by atoms with van der Waals surface area (Å²) in [6.45, 7) is 6.15. The molecule has 0 saturated carbocycles. The topological polar surface area (TPSA) is 118 Å². The Morgan fingerprint density at radius 1 is 0.844 bits per heavy atom. The van der Waals surface area contributed by atoms with E-state index in [0.717, 1.165) is 44.1 Å². The fourth-order valence-corrected chi connectivity index (χ4v) is 5.07. The molecule has 0 bridgehead atoms. The molecule has 0 spiro atoms. The summed E-state index contributed by atoms with van der Waals surface area (Å²) in [5.74, 6) is -2.53. The average Bonchev–Trinajstić information content (AvgIpc) is 2.70. The van der Waals surface area contributed by atoms with Gasteiger partial charge in [-0.2, -0.15) is 0 Å². The van der Waals surface area contributed by atoms with E-state index < -0.39 is 53.7 Å². The van der Waals surface area contributed by atoms with Crippen molar-refractivity contribution in [3.8, 4) is 0 Å². The Morgan fingerprint density at radius 3 is 1.91 bits per heavy atom. The minimum atomic E-state index is -1.18. The predicted octanol–water partition coefficient (Wildman–Crippen LogP) is 1.57. The molecule has 5 atom stereocenters. The van der Waals surface area contributed by atoms with E-state index >= 15 is 0 Å². The monoisotopic (exact) mass is 491 g/mol. The molecular formula is C20H29NO9S2. The van der Waals surface area contributed by atoms with E-state index in [1.54, 1.807) is 0 Å².